The van der Waals surface area contributed by atoms with Crippen molar-refractivity contribution in [1.29, 1.82) is 0 Å². The fraction of sp³-hybridized carbons (Fsp3) is 0.120. The Balaban J connectivity index is 0.000000131. The Hall–Kier alpha value is -2.15. The Labute approximate surface area is 167 Å². The van der Waals surface area contributed by atoms with E-state index in [0.29, 0.717) is 0 Å². The van der Waals surface area contributed by atoms with Crippen molar-refractivity contribution in [1.82, 2.24) is 0 Å². The van der Waals surface area contributed by atoms with Crippen molar-refractivity contribution >= 4 is 31.4 Å². The minimum atomic E-state index is 0.996. The molecule has 1 aliphatic rings. The number of allylic oxidation sites excluding steroid dienone is 1. The first-order valence-electron chi connectivity index (χ1n) is 8.84. The van der Waals surface area contributed by atoms with Crippen LogP contribution in [0.25, 0.3) is 27.6 Å². The Bertz CT molecular complexity index is 996. The van der Waals surface area contributed by atoms with Crippen molar-refractivity contribution in [3.63, 3.8) is 0 Å². The van der Waals surface area contributed by atoms with Gasteiger partial charge in [-0.25, -0.2) is 6.08 Å². The molecule has 0 fully saturated rings. The van der Waals surface area contributed by atoms with Gasteiger partial charge in [-0.1, -0.05) is 54.6 Å². The van der Waals surface area contributed by atoms with Gasteiger partial charge in [0.1, 0.15) is 0 Å². The molecule has 0 unspecified atom stereocenters. The molecule has 4 aromatic carbocycles. The van der Waals surface area contributed by atoms with Crippen molar-refractivity contribution in [3.05, 3.63) is 96.1 Å². The summed E-state index contributed by atoms with van der Waals surface area (Å²) < 4.78 is 1.42. The molecule has 1 heteroatoms. The van der Waals surface area contributed by atoms with E-state index in [2.05, 4.69) is 125 Å². The van der Waals surface area contributed by atoms with Gasteiger partial charge < -0.3 is 0 Å². The fourth-order valence-corrected chi connectivity index (χ4v) is 3.01. The van der Waals surface area contributed by atoms with Crippen molar-refractivity contribution in [3.8, 4) is 0 Å². The maximum Gasteiger partial charge on any atom is -0.0650 e. The molecule has 0 bridgehead atoms. The summed E-state index contributed by atoms with van der Waals surface area (Å²) in [4.78, 5) is 0. The summed E-state index contributed by atoms with van der Waals surface area (Å²) in [6, 6.07) is 27.7. The monoisotopic (exact) mass is 370 g/mol. The molecule has 0 atom stereocenters. The molecule has 0 aliphatic heterocycles. The van der Waals surface area contributed by atoms with Crippen LogP contribution in [-0.2, 0) is 26.4 Å². The summed E-state index contributed by atoms with van der Waals surface area (Å²) in [6.07, 6.45) is 6.21. The SMILES string of the molecule is C[C](C)=[Ti+2].[C-]1=Cc2ccccc2C1.c1ccc2c(c1)[cH-]c1ccccc12. The second-order valence-electron chi connectivity index (χ2n) is 6.54. The number of rotatable bonds is 0. The zero-order valence-electron chi connectivity index (χ0n) is 15.3. The molecule has 0 radical (unpaired) electrons. The molecule has 5 rings (SSSR count). The molecule has 0 amide bonds. The predicted octanol–water partition coefficient (Wildman–Crippen LogP) is 6.52. The van der Waals surface area contributed by atoms with Crippen LogP contribution in [0.1, 0.15) is 25.0 Å². The van der Waals surface area contributed by atoms with Crippen LogP contribution in [0.15, 0.2) is 78.9 Å². The van der Waals surface area contributed by atoms with Gasteiger partial charge in [0.05, 0.1) is 0 Å². The van der Waals surface area contributed by atoms with Crippen LogP contribution in [0, 0.1) is 6.08 Å². The number of fused-ring (bicyclic) bond motifs is 4. The molecular weight excluding hydrogens is 348 g/mol. The number of hydrogen-bond acceptors (Lipinski definition) is 0. The first-order chi connectivity index (χ1) is 12.6. The van der Waals surface area contributed by atoms with E-state index in [1.807, 2.05) is 0 Å². The van der Waals surface area contributed by atoms with Crippen LogP contribution in [0.4, 0.5) is 0 Å². The molecule has 0 heterocycles. The number of benzene rings is 3. The molecular formula is C25H22Ti. The molecule has 26 heavy (non-hydrogen) atoms. The topological polar surface area (TPSA) is 0 Å². The van der Waals surface area contributed by atoms with E-state index in [4.69, 9.17) is 0 Å². The molecule has 0 aromatic heterocycles. The van der Waals surface area contributed by atoms with Gasteiger partial charge in [0.25, 0.3) is 0 Å². The largest absolute Gasteiger partial charge is 0.272 e. The van der Waals surface area contributed by atoms with Gasteiger partial charge in [0, 0.05) is 0 Å². The summed E-state index contributed by atoms with van der Waals surface area (Å²) in [5.41, 5.74) is 2.73. The molecule has 0 nitrogen and oxygen atoms in total. The zero-order valence-corrected chi connectivity index (χ0v) is 16.9. The van der Waals surface area contributed by atoms with Crippen molar-refractivity contribution in [2.24, 2.45) is 0 Å². The summed E-state index contributed by atoms with van der Waals surface area (Å²) in [5.74, 6) is 0. The minimum absolute atomic E-state index is 0.996. The summed E-state index contributed by atoms with van der Waals surface area (Å²) in [7, 11) is 0. The van der Waals surface area contributed by atoms with E-state index < -0.39 is 0 Å². The Morgan fingerprint density at radius 3 is 1.88 bits per heavy atom. The molecule has 0 saturated heterocycles. The van der Waals surface area contributed by atoms with Gasteiger partial charge in [-0.05, 0) is 0 Å². The first kappa shape index (κ1) is 18.6. The summed E-state index contributed by atoms with van der Waals surface area (Å²) >= 11 is 2.08. The van der Waals surface area contributed by atoms with E-state index in [0.717, 1.165) is 6.42 Å². The summed E-state index contributed by atoms with van der Waals surface area (Å²) in [6.45, 7) is 4.17. The third-order valence-electron chi connectivity index (χ3n) is 4.13. The van der Waals surface area contributed by atoms with Crippen LogP contribution >= 0.6 is 0 Å². The van der Waals surface area contributed by atoms with Gasteiger partial charge in [-0.15, -0.1) is 57.8 Å². The van der Waals surface area contributed by atoms with Gasteiger partial charge in [0.15, 0.2) is 0 Å². The van der Waals surface area contributed by atoms with Gasteiger partial charge in [-0.2, -0.15) is 5.56 Å². The van der Waals surface area contributed by atoms with Crippen LogP contribution in [0.5, 0.6) is 0 Å². The van der Waals surface area contributed by atoms with Crippen LogP contribution in [0.2, 0.25) is 0 Å². The van der Waals surface area contributed by atoms with Gasteiger partial charge in [0.2, 0.25) is 0 Å². The third kappa shape index (κ3) is 4.72. The molecule has 4 aromatic rings. The van der Waals surface area contributed by atoms with E-state index in [1.54, 1.807) is 0 Å². The average Bonchev–Trinajstić information content (AvgIpc) is 3.26. The van der Waals surface area contributed by atoms with E-state index in [9.17, 15) is 0 Å². The normalized spacial score (nSPS) is 11.4. The molecule has 126 valence electrons. The molecule has 0 N–H and O–H groups in total. The second-order valence-corrected chi connectivity index (χ2v) is 8.10. The second kappa shape index (κ2) is 8.99. The molecule has 0 saturated carbocycles. The summed E-state index contributed by atoms with van der Waals surface area (Å²) in [5, 5.41) is 5.39. The smallest absolute Gasteiger partial charge is 0.0650 e. The Morgan fingerprint density at radius 1 is 0.808 bits per heavy atom. The number of hydrogen-bond donors (Lipinski definition) is 0. The zero-order chi connectivity index (χ0) is 18.4. The molecule has 1 aliphatic carbocycles. The van der Waals surface area contributed by atoms with E-state index >= 15 is 0 Å². The quantitative estimate of drug-likeness (QED) is 0.244. The fourth-order valence-electron chi connectivity index (χ4n) is 3.01. The minimum Gasteiger partial charge on any atom is -0.272 e. The first-order valence-corrected chi connectivity index (χ1v) is 9.62. The van der Waals surface area contributed by atoms with Crippen LogP contribution < -0.4 is 0 Å². The van der Waals surface area contributed by atoms with Crippen molar-refractivity contribution in [2.45, 2.75) is 20.3 Å². The van der Waals surface area contributed by atoms with Gasteiger partial charge >= 0.3 is 37.6 Å². The predicted molar refractivity (Wildman–Crippen MR) is 111 cm³/mol. The van der Waals surface area contributed by atoms with Crippen molar-refractivity contribution < 1.29 is 20.0 Å². The van der Waals surface area contributed by atoms with Crippen LogP contribution in [0.3, 0.4) is 0 Å². The maximum absolute atomic E-state index is 3.16. The van der Waals surface area contributed by atoms with Gasteiger partial charge in [-0.3, -0.25) is 6.08 Å². The molecule has 0 spiro atoms. The van der Waals surface area contributed by atoms with E-state index in [1.165, 1.54) is 36.5 Å². The Kier molecular flexibility index (Phi) is 6.44. The van der Waals surface area contributed by atoms with Crippen molar-refractivity contribution in [2.75, 3.05) is 0 Å². The standard InChI is InChI=1S/C13H9.C9H7.C3H6.Ti/c1-3-7-12-10(5-1)9-11-6-2-4-8-13(11)12;1-2-5-9-7-3-6-8(9)4-1;1-3-2;/h1-9H;1-2,4-6H,7H2;1-2H3;/q2*-1;;+2. The maximum atomic E-state index is 3.16. The Morgan fingerprint density at radius 2 is 1.31 bits per heavy atom. The van der Waals surface area contributed by atoms with E-state index in [-0.39, 0.29) is 0 Å². The third-order valence-corrected chi connectivity index (χ3v) is 4.13. The average molecular weight is 370 g/mol. The van der Waals surface area contributed by atoms with Crippen LogP contribution in [-0.4, -0.2) is 3.81 Å².